The van der Waals surface area contributed by atoms with Gasteiger partial charge in [-0.1, -0.05) is 0 Å². The van der Waals surface area contributed by atoms with Crippen LogP contribution in [0, 0.1) is 13.8 Å². The SMILES string of the molecule is CNc1nc(C)cc(NCc2nc(C)cs2)n1. The molecule has 0 aromatic carbocycles. The molecule has 2 rings (SSSR count). The molecule has 0 saturated carbocycles. The van der Waals surface area contributed by atoms with Crippen molar-refractivity contribution in [2.24, 2.45) is 0 Å². The highest BCUT2D eigenvalue weighted by Gasteiger charge is 2.02. The van der Waals surface area contributed by atoms with Gasteiger partial charge in [0.2, 0.25) is 5.95 Å². The third kappa shape index (κ3) is 3.13. The molecule has 0 bridgehead atoms. The molecule has 0 atom stereocenters. The van der Waals surface area contributed by atoms with Crippen molar-refractivity contribution in [1.82, 2.24) is 15.0 Å². The summed E-state index contributed by atoms with van der Waals surface area (Å²) in [5.41, 5.74) is 1.99. The molecule has 5 nitrogen and oxygen atoms in total. The van der Waals surface area contributed by atoms with Gasteiger partial charge in [-0.05, 0) is 13.8 Å². The highest BCUT2D eigenvalue weighted by molar-refractivity contribution is 7.09. The normalized spacial score (nSPS) is 10.3. The van der Waals surface area contributed by atoms with Crippen LogP contribution in [0.4, 0.5) is 11.8 Å². The van der Waals surface area contributed by atoms with Crippen LogP contribution in [0.25, 0.3) is 0 Å². The number of anilines is 2. The number of rotatable bonds is 4. The summed E-state index contributed by atoms with van der Waals surface area (Å²) in [7, 11) is 1.81. The molecule has 0 fully saturated rings. The molecule has 0 saturated heterocycles. The van der Waals surface area contributed by atoms with Crippen LogP contribution in [0.5, 0.6) is 0 Å². The van der Waals surface area contributed by atoms with E-state index in [0.717, 1.165) is 22.2 Å². The van der Waals surface area contributed by atoms with Gasteiger partial charge in [0.05, 0.1) is 6.54 Å². The predicted octanol–water partition coefficient (Wildman–Crippen LogP) is 2.20. The van der Waals surface area contributed by atoms with E-state index >= 15 is 0 Å². The fraction of sp³-hybridized carbons (Fsp3) is 0.364. The molecule has 17 heavy (non-hydrogen) atoms. The summed E-state index contributed by atoms with van der Waals surface area (Å²) in [6.07, 6.45) is 0. The van der Waals surface area contributed by atoms with E-state index in [-0.39, 0.29) is 0 Å². The summed E-state index contributed by atoms with van der Waals surface area (Å²) < 4.78 is 0. The molecule has 0 aliphatic rings. The number of aromatic nitrogens is 3. The Morgan fingerprint density at radius 3 is 2.65 bits per heavy atom. The van der Waals surface area contributed by atoms with E-state index in [9.17, 15) is 0 Å². The van der Waals surface area contributed by atoms with Crippen molar-refractivity contribution in [3.63, 3.8) is 0 Å². The largest absolute Gasteiger partial charge is 0.363 e. The number of nitrogens with one attached hydrogen (secondary N) is 2. The van der Waals surface area contributed by atoms with Crippen molar-refractivity contribution in [3.8, 4) is 0 Å². The van der Waals surface area contributed by atoms with E-state index in [1.54, 1.807) is 11.3 Å². The Bertz CT molecular complexity index is 508. The van der Waals surface area contributed by atoms with Crippen LogP contribution >= 0.6 is 11.3 Å². The zero-order chi connectivity index (χ0) is 12.3. The van der Waals surface area contributed by atoms with Crippen molar-refractivity contribution in [3.05, 3.63) is 27.8 Å². The molecule has 2 N–H and O–H groups in total. The minimum atomic E-state index is 0.628. The lowest BCUT2D eigenvalue weighted by Gasteiger charge is -2.06. The maximum Gasteiger partial charge on any atom is 0.224 e. The van der Waals surface area contributed by atoms with Crippen LogP contribution in [-0.2, 0) is 6.54 Å². The van der Waals surface area contributed by atoms with Gasteiger partial charge in [0.15, 0.2) is 0 Å². The monoisotopic (exact) mass is 249 g/mol. The Labute approximate surface area is 104 Å². The molecule has 90 valence electrons. The summed E-state index contributed by atoms with van der Waals surface area (Å²) >= 11 is 1.65. The van der Waals surface area contributed by atoms with E-state index in [4.69, 9.17) is 0 Å². The van der Waals surface area contributed by atoms with E-state index in [1.165, 1.54) is 0 Å². The summed E-state index contributed by atoms with van der Waals surface area (Å²) in [6, 6.07) is 1.92. The van der Waals surface area contributed by atoms with E-state index < -0.39 is 0 Å². The first kappa shape index (κ1) is 11.8. The average Bonchev–Trinajstić information content (AvgIpc) is 2.72. The molecule has 2 aromatic rings. The molecule has 6 heteroatoms. The zero-order valence-corrected chi connectivity index (χ0v) is 10.9. The second-order valence-electron chi connectivity index (χ2n) is 3.70. The van der Waals surface area contributed by atoms with Gasteiger partial charge in [-0.25, -0.2) is 9.97 Å². The Hall–Kier alpha value is -1.69. The van der Waals surface area contributed by atoms with Gasteiger partial charge in [-0.2, -0.15) is 4.98 Å². The summed E-state index contributed by atoms with van der Waals surface area (Å²) in [6.45, 7) is 4.63. The Kier molecular flexibility index (Phi) is 3.53. The predicted molar refractivity (Wildman–Crippen MR) is 70.5 cm³/mol. The lowest BCUT2D eigenvalue weighted by Crippen LogP contribution is -2.05. The molecular weight excluding hydrogens is 234 g/mol. The molecular formula is C11H15N5S. The van der Waals surface area contributed by atoms with E-state index in [2.05, 4.69) is 25.6 Å². The number of aryl methyl sites for hydroxylation is 2. The first-order chi connectivity index (χ1) is 8.17. The number of hydrogen-bond donors (Lipinski definition) is 2. The minimum absolute atomic E-state index is 0.628. The highest BCUT2D eigenvalue weighted by Crippen LogP contribution is 2.13. The smallest absolute Gasteiger partial charge is 0.224 e. The maximum absolute atomic E-state index is 4.39. The maximum atomic E-state index is 4.39. The van der Waals surface area contributed by atoms with Crippen molar-refractivity contribution in [2.75, 3.05) is 17.7 Å². The molecule has 0 radical (unpaired) electrons. The van der Waals surface area contributed by atoms with Crippen LogP contribution in [0.15, 0.2) is 11.4 Å². The molecule has 2 aromatic heterocycles. The average molecular weight is 249 g/mol. The van der Waals surface area contributed by atoms with Crippen LogP contribution in [-0.4, -0.2) is 22.0 Å². The summed E-state index contributed by atoms with van der Waals surface area (Å²) in [5.74, 6) is 1.44. The molecule has 0 aliphatic carbocycles. The lowest BCUT2D eigenvalue weighted by molar-refractivity contribution is 1.03. The van der Waals surface area contributed by atoms with Gasteiger partial charge in [0.25, 0.3) is 0 Å². The number of thiazole rings is 1. The van der Waals surface area contributed by atoms with Crippen molar-refractivity contribution >= 4 is 23.1 Å². The fourth-order valence-corrected chi connectivity index (χ4v) is 2.13. The van der Waals surface area contributed by atoms with Crippen molar-refractivity contribution in [1.29, 1.82) is 0 Å². The van der Waals surface area contributed by atoms with E-state index in [1.807, 2.05) is 32.3 Å². The topological polar surface area (TPSA) is 62.7 Å². The van der Waals surface area contributed by atoms with Gasteiger partial charge >= 0.3 is 0 Å². The standard InChI is InChI=1S/C11H15N5S/c1-7-4-9(16-11(12-3)15-7)13-5-10-14-8(2)6-17-10/h4,6H,5H2,1-3H3,(H2,12,13,15,16). The van der Waals surface area contributed by atoms with Gasteiger partial charge in [-0.15, -0.1) is 11.3 Å². The molecule has 0 aliphatic heterocycles. The van der Waals surface area contributed by atoms with Gasteiger partial charge in [0, 0.05) is 29.9 Å². The van der Waals surface area contributed by atoms with Crippen molar-refractivity contribution < 1.29 is 0 Å². The Morgan fingerprint density at radius 1 is 1.18 bits per heavy atom. The van der Waals surface area contributed by atoms with Crippen LogP contribution in [0.3, 0.4) is 0 Å². The minimum Gasteiger partial charge on any atom is -0.363 e. The summed E-state index contributed by atoms with van der Waals surface area (Å²) in [4.78, 5) is 12.9. The van der Waals surface area contributed by atoms with Gasteiger partial charge in [-0.3, -0.25) is 0 Å². The Morgan fingerprint density at radius 2 is 2.00 bits per heavy atom. The summed E-state index contributed by atoms with van der Waals surface area (Å²) in [5, 5.41) is 9.28. The number of nitrogens with zero attached hydrogens (tertiary/aromatic N) is 3. The molecule has 0 spiro atoms. The van der Waals surface area contributed by atoms with Gasteiger partial charge < -0.3 is 10.6 Å². The lowest BCUT2D eigenvalue weighted by atomic mass is 10.4. The molecule has 2 heterocycles. The zero-order valence-electron chi connectivity index (χ0n) is 10.1. The first-order valence-electron chi connectivity index (χ1n) is 5.35. The quantitative estimate of drug-likeness (QED) is 0.869. The van der Waals surface area contributed by atoms with Crippen molar-refractivity contribution in [2.45, 2.75) is 20.4 Å². The van der Waals surface area contributed by atoms with Crippen LogP contribution in [0.2, 0.25) is 0 Å². The van der Waals surface area contributed by atoms with Crippen LogP contribution < -0.4 is 10.6 Å². The molecule has 0 unspecified atom stereocenters. The van der Waals surface area contributed by atoms with Gasteiger partial charge in [0.1, 0.15) is 10.8 Å². The highest BCUT2D eigenvalue weighted by atomic mass is 32.1. The third-order valence-corrected chi connectivity index (χ3v) is 3.13. The second-order valence-corrected chi connectivity index (χ2v) is 4.65. The Balaban J connectivity index is 2.05. The van der Waals surface area contributed by atoms with E-state index in [0.29, 0.717) is 12.5 Å². The van der Waals surface area contributed by atoms with Crippen LogP contribution in [0.1, 0.15) is 16.4 Å². The first-order valence-corrected chi connectivity index (χ1v) is 6.23. The fourth-order valence-electron chi connectivity index (χ4n) is 1.42. The number of hydrogen-bond acceptors (Lipinski definition) is 6. The second kappa shape index (κ2) is 5.09. The molecule has 0 amide bonds. The third-order valence-electron chi connectivity index (χ3n) is 2.17.